The van der Waals surface area contributed by atoms with Crippen LogP contribution in [0.15, 0.2) is 42.9 Å². The molecule has 0 aliphatic carbocycles. The highest BCUT2D eigenvalue weighted by molar-refractivity contribution is 5.96. The molecule has 1 aliphatic rings. The van der Waals surface area contributed by atoms with Gasteiger partial charge in [-0.25, -0.2) is 8.96 Å². The minimum Gasteiger partial charge on any atom is -0.357 e. The Balaban J connectivity index is 1.60. The molecule has 0 atom stereocenters. The van der Waals surface area contributed by atoms with Gasteiger partial charge in [0.15, 0.2) is 12.4 Å². The molecule has 6 heteroatoms. The lowest BCUT2D eigenvalue weighted by Crippen LogP contribution is -2.27. The van der Waals surface area contributed by atoms with Gasteiger partial charge in [-0.2, -0.15) is 5.10 Å². The number of halogens is 1. The van der Waals surface area contributed by atoms with Gasteiger partial charge >= 0.3 is 0 Å². The van der Waals surface area contributed by atoms with Gasteiger partial charge in [-0.1, -0.05) is 12.1 Å². The van der Waals surface area contributed by atoms with Gasteiger partial charge in [-0.05, 0) is 18.9 Å². The van der Waals surface area contributed by atoms with Crippen LogP contribution in [0.25, 0.3) is 10.9 Å². The molecule has 3 heterocycles. The summed E-state index contributed by atoms with van der Waals surface area (Å²) in [5, 5.41) is 13.7. The smallest absolute Gasteiger partial charge is 0.194 e. The molecule has 0 radical (unpaired) electrons. The van der Waals surface area contributed by atoms with Crippen LogP contribution < -0.4 is 4.57 Å². The third-order valence-electron chi connectivity index (χ3n) is 4.79. The number of hydrogen-bond donors (Lipinski definition) is 1. The Labute approximate surface area is 145 Å². The Morgan fingerprint density at radius 3 is 2.84 bits per heavy atom. The molecule has 4 rings (SSSR count). The molecule has 1 saturated heterocycles. The minimum absolute atomic E-state index is 0.287. The molecule has 3 aromatic rings. The Hall–Kier alpha value is -2.76. The predicted octanol–water partition coefficient (Wildman–Crippen LogP) is 2.47. The third-order valence-corrected chi connectivity index (χ3v) is 4.79. The molecular weight excluding hydrogens is 317 g/mol. The number of hydrogen-bond acceptors (Lipinski definition) is 2. The first kappa shape index (κ1) is 15.7. The molecule has 128 valence electrons. The van der Waals surface area contributed by atoms with E-state index in [1.165, 1.54) is 6.07 Å². The first-order valence-corrected chi connectivity index (χ1v) is 8.55. The second-order valence-electron chi connectivity index (χ2n) is 6.60. The van der Waals surface area contributed by atoms with Crippen molar-refractivity contribution >= 4 is 16.7 Å². The molecule has 1 fully saturated rings. The van der Waals surface area contributed by atoms with E-state index in [1.54, 1.807) is 16.9 Å². The van der Waals surface area contributed by atoms with Crippen molar-refractivity contribution in [2.24, 2.45) is 7.05 Å². The number of rotatable bonds is 3. The van der Waals surface area contributed by atoms with Gasteiger partial charge in [0.05, 0.1) is 12.7 Å². The number of aromatic nitrogens is 3. The van der Waals surface area contributed by atoms with Crippen LogP contribution in [0, 0.1) is 11.2 Å². The van der Waals surface area contributed by atoms with Gasteiger partial charge in [-0.15, -0.1) is 0 Å². The second kappa shape index (κ2) is 6.27. The molecule has 0 unspecified atom stereocenters. The number of benzene rings is 1. The highest BCUT2D eigenvalue weighted by atomic mass is 19.1. The Morgan fingerprint density at radius 2 is 2.08 bits per heavy atom. The van der Waals surface area contributed by atoms with Crippen molar-refractivity contribution in [3.8, 4) is 0 Å². The number of amidine groups is 1. The summed E-state index contributed by atoms with van der Waals surface area (Å²) in [6.07, 6.45) is 7.95. The van der Waals surface area contributed by atoms with Gasteiger partial charge < -0.3 is 4.90 Å². The molecule has 0 amide bonds. The lowest BCUT2D eigenvalue weighted by Gasteiger charge is -2.18. The van der Waals surface area contributed by atoms with E-state index in [-0.39, 0.29) is 5.82 Å². The highest BCUT2D eigenvalue weighted by Gasteiger charge is 2.18. The topological polar surface area (TPSA) is 48.8 Å². The fourth-order valence-electron chi connectivity index (χ4n) is 3.35. The van der Waals surface area contributed by atoms with Crippen LogP contribution in [0.4, 0.5) is 4.39 Å². The Kier molecular flexibility index (Phi) is 3.95. The summed E-state index contributed by atoms with van der Waals surface area (Å²) < 4.78 is 18.4. The van der Waals surface area contributed by atoms with E-state index in [4.69, 9.17) is 5.41 Å². The number of nitrogens with one attached hydrogen (secondary N) is 1. The lowest BCUT2D eigenvalue weighted by molar-refractivity contribution is -0.670. The van der Waals surface area contributed by atoms with Crippen LogP contribution >= 0.6 is 0 Å². The van der Waals surface area contributed by atoms with E-state index in [0.717, 1.165) is 36.8 Å². The number of likely N-dealkylation sites (tertiary alicyclic amines) is 1. The van der Waals surface area contributed by atoms with Crippen LogP contribution in [-0.4, -0.2) is 33.6 Å². The number of nitrogens with zero attached hydrogens (tertiary/aromatic N) is 4. The van der Waals surface area contributed by atoms with Crippen molar-refractivity contribution in [2.75, 3.05) is 13.1 Å². The first-order chi connectivity index (χ1) is 12.1. The summed E-state index contributed by atoms with van der Waals surface area (Å²) in [5.41, 5.74) is 2.19. The zero-order valence-corrected chi connectivity index (χ0v) is 14.2. The molecule has 0 bridgehead atoms. The van der Waals surface area contributed by atoms with Crippen LogP contribution in [0.5, 0.6) is 0 Å². The summed E-state index contributed by atoms with van der Waals surface area (Å²) >= 11 is 0. The summed E-state index contributed by atoms with van der Waals surface area (Å²) in [5.74, 6) is 0.130. The SMILES string of the molecule is C[n+]1ccc2cnn(Cc3ccc(C(=N)N4CCCC4)cc3F)c2c1. The van der Waals surface area contributed by atoms with E-state index in [9.17, 15) is 4.39 Å². The maximum Gasteiger partial charge on any atom is 0.194 e. The van der Waals surface area contributed by atoms with E-state index in [1.807, 2.05) is 41.0 Å². The van der Waals surface area contributed by atoms with Crippen molar-refractivity contribution in [1.82, 2.24) is 14.7 Å². The quantitative estimate of drug-likeness (QED) is 0.453. The second-order valence-corrected chi connectivity index (χ2v) is 6.60. The molecule has 1 N–H and O–H groups in total. The molecule has 1 aliphatic heterocycles. The monoisotopic (exact) mass is 338 g/mol. The number of pyridine rings is 1. The lowest BCUT2D eigenvalue weighted by atomic mass is 10.1. The van der Waals surface area contributed by atoms with Crippen molar-refractivity contribution in [2.45, 2.75) is 19.4 Å². The predicted molar refractivity (Wildman–Crippen MR) is 94.0 cm³/mol. The van der Waals surface area contributed by atoms with Crippen molar-refractivity contribution < 1.29 is 8.96 Å². The number of fused-ring (bicyclic) bond motifs is 1. The minimum atomic E-state index is -0.287. The van der Waals surface area contributed by atoms with Gasteiger partial charge in [-0.3, -0.25) is 10.1 Å². The van der Waals surface area contributed by atoms with Gasteiger partial charge in [0.2, 0.25) is 0 Å². The maximum absolute atomic E-state index is 14.6. The first-order valence-electron chi connectivity index (χ1n) is 8.55. The number of aryl methyl sites for hydroxylation is 1. The van der Waals surface area contributed by atoms with Crippen molar-refractivity contribution in [3.63, 3.8) is 0 Å². The van der Waals surface area contributed by atoms with Crippen LogP contribution in [-0.2, 0) is 13.6 Å². The maximum atomic E-state index is 14.6. The van der Waals surface area contributed by atoms with Crippen LogP contribution in [0.2, 0.25) is 0 Å². The summed E-state index contributed by atoms with van der Waals surface area (Å²) in [6, 6.07) is 7.08. The molecule has 1 aromatic carbocycles. The standard InChI is InChI=1S/C19H21FN5/c1-23-9-6-15-11-22-25(18(15)13-23)12-16-5-4-14(10-17(16)20)19(21)24-7-2-3-8-24/h4-6,9-11,13,21H,2-3,7-8,12H2,1H3/q+1. The average Bonchev–Trinajstić information content (AvgIpc) is 3.26. The zero-order valence-electron chi connectivity index (χ0n) is 14.2. The zero-order chi connectivity index (χ0) is 17.4. The van der Waals surface area contributed by atoms with E-state index in [0.29, 0.717) is 23.5 Å². The largest absolute Gasteiger partial charge is 0.357 e. The molecular formula is C19H21FN5+. The Morgan fingerprint density at radius 1 is 1.28 bits per heavy atom. The third kappa shape index (κ3) is 2.99. The average molecular weight is 338 g/mol. The van der Waals surface area contributed by atoms with Crippen molar-refractivity contribution in [1.29, 1.82) is 5.41 Å². The van der Waals surface area contributed by atoms with Crippen LogP contribution in [0.1, 0.15) is 24.0 Å². The molecule has 25 heavy (non-hydrogen) atoms. The fourth-order valence-corrected chi connectivity index (χ4v) is 3.35. The van der Waals surface area contributed by atoms with Crippen molar-refractivity contribution in [3.05, 3.63) is 59.8 Å². The van der Waals surface area contributed by atoms with E-state index < -0.39 is 0 Å². The van der Waals surface area contributed by atoms with Crippen LogP contribution in [0.3, 0.4) is 0 Å². The van der Waals surface area contributed by atoms with Gasteiger partial charge in [0, 0.05) is 35.7 Å². The normalized spacial score (nSPS) is 14.4. The van der Waals surface area contributed by atoms with E-state index >= 15 is 0 Å². The van der Waals surface area contributed by atoms with E-state index in [2.05, 4.69) is 5.10 Å². The molecule has 5 nitrogen and oxygen atoms in total. The fraction of sp³-hybridized carbons (Fsp3) is 0.316. The molecule has 0 saturated carbocycles. The summed E-state index contributed by atoms with van der Waals surface area (Å²) in [7, 11) is 1.95. The van der Waals surface area contributed by atoms with Gasteiger partial charge in [0.25, 0.3) is 0 Å². The van der Waals surface area contributed by atoms with Gasteiger partial charge in [0.1, 0.15) is 24.2 Å². The summed E-state index contributed by atoms with van der Waals surface area (Å²) in [6.45, 7) is 2.15. The molecule has 2 aromatic heterocycles. The summed E-state index contributed by atoms with van der Waals surface area (Å²) in [4.78, 5) is 2.01. The highest BCUT2D eigenvalue weighted by Crippen LogP contribution is 2.18. The molecule has 0 spiro atoms. The Bertz CT molecular complexity index is 940.